The Labute approximate surface area is 343 Å². The van der Waals surface area contributed by atoms with Crippen LogP contribution in [0.1, 0.15) is 28.8 Å². The number of hydrogen-bond donors (Lipinski definition) is 4. The average molecular weight is 846 g/mol. The summed E-state index contributed by atoms with van der Waals surface area (Å²) in [5.74, 6) is -0.456. The SMILES string of the molecule is CS(=O)(=O)c1cc(S(=O)(=O)NC(=O)c2ccc(NCCNCc3ccccc3-c3ccc(Cl)cc3)cc2)ccc1N[C@@H](CSc1ccccc1)CC(=O)N1CCC1. The number of halogens is 1. The van der Waals surface area contributed by atoms with Crippen molar-refractivity contribution >= 4 is 66.4 Å². The zero-order valence-electron chi connectivity index (χ0n) is 31.3. The summed E-state index contributed by atoms with van der Waals surface area (Å²) in [5.41, 5.74) is 4.37. The number of nitrogens with one attached hydrogen (secondary N) is 4. The highest BCUT2D eigenvalue weighted by atomic mass is 35.5. The van der Waals surface area contributed by atoms with Gasteiger partial charge in [-0.1, -0.05) is 66.2 Å². The second-order valence-corrected chi connectivity index (χ2v) is 18.8. The predicted octanol–water partition coefficient (Wildman–Crippen LogP) is 6.93. The molecular formula is C42H44ClN5O6S3. The van der Waals surface area contributed by atoms with Crippen LogP contribution in [0.5, 0.6) is 0 Å². The molecule has 0 bridgehead atoms. The molecular weight excluding hydrogens is 802 g/mol. The van der Waals surface area contributed by atoms with Crippen molar-refractivity contribution in [2.24, 2.45) is 0 Å². The van der Waals surface area contributed by atoms with Gasteiger partial charge in [0.2, 0.25) is 5.91 Å². The van der Waals surface area contributed by atoms with Crippen molar-refractivity contribution in [2.45, 2.75) is 40.1 Å². The van der Waals surface area contributed by atoms with E-state index in [1.165, 1.54) is 36.0 Å². The third kappa shape index (κ3) is 11.6. The van der Waals surface area contributed by atoms with Gasteiger partial charge in [-0.25, -0.2) is 21.6 Å². The largest absolute Gasteiger partial charge is 0.384 e. The van der Waals surface area contributed by atoms with Gasteiger partial charge in [-0.15, -0.1) is 11.8 Å². The molecule has 1 aliphatic rings. The highest BCUT2D eigenvalue weighted by Crippen LogP contribution is 2.29. The van der Waals surface area contributed by atoms with Crippen LogP contribution in [0.2, 0.25) is 5.02 Å². The molecule has 0 spiro atoms. The van der Waals surface area contributed by atoms with E-state index in [-0.39, 0.29) is 28.5 Å². The Morgan fingerprint density at radius 2 is 1.53 bits per heavy atom. The van der Waals surface area contributed by atoms with E-state index in [2.05, 4.69) is 32.8 Å². The van der Waals surface area contributed by atoms with Gasteiger partial charge in [-0.2, -0.15) is 0 Å². The average Bonchev–Trinajstić information content (AvgIpc) is 3.17. The van der Waals surface area contributed by atoms with E-state index in [0.29, 0.717) is 43.5 Å². The molecule has 57 heavy (non-hydrogen) atoms. The molecule has 0 aromatic heterocycles. The fourth-order valence-electron chi connectivity index (χ4n) is 6.17. The Morgan fingerprint density at radius 1 is 0.825 bits per heavy atom. The van der Waals surface area contributed by atoms with Crippen LogP contribution in [0.3, 0.4) is 0 Å². The summed E-state index contributed by atoms with van der Waals surface area (Å²) in [6.07, 6.45) is 2.05. The van der Waals surface area contributed by atoms with Gasteiger partial charge in [0.05, 0.1) is 15.5 Å². The standard InChI is InChI=1S/C42H44ClN5O6S3/c1-56(51,52)40-27-37(20-21-39(40)46-35(26-41(49)48-24-7-25-48)29-55-36-9-3-2-4-10-36)57(53,54)47-42(50)31-14-18-34(19-15-31)45-23-22-44-28-32-8-5-6-11-38(32)30-12-16-33(43)17-13-30/h2-6,8-21,27,35,44-46H,7,22-26,28-29H2,1H3,(H,47,50)/t35-/m1/s1. The Morgan fingerprint density at radius 3 is 2.21 bits per heavy atom. The lowest BCUT2D eigenvalue weighted by Crippen LogP contribution is -2.44. The molecule has 1 saturated heterocycles. The van der Waals surface area contributed by atoms with Gasteiger partial charge in [-0.05, 0) is 89.8 Å². The van der Waals surface area contributed by atoms with Gasteiger partial charge in [-0.3, -0.25) is 9.59 Å². The van der Waals surface area contributed by atoms with Crippen molar-refractivity contribution in [3.63, 3.8) is 0 Å². The molecule has 5 aromatic rings. The number of carbonyl (C=O) groups excluding carboxylic acids is 2. The van der Waals surface area contributed by atoms with Crippen molar-refractivity contribution in [2.75, 3.05) is 48.8 Å². The molecule has 4 N–H and O–H groups in total. The number of thioether (sulfide) groups is 1. The first kappa shape index (κ1) is 41.8. The van der Waals surface area contributed by atoms with Gasteiger partial charge < -0.3 is 20.9 Å². The Hall–Kier alpha value is -4.86. The van der Waals surface area contributed by atoms with E-state index < -0.39 is 36.7 Å². The van der Waals surface area contributed by atoms with Crippen LogP contribution >= 0.6 is 23.4 Å². The fourth-order valence-corrected chi connectivity index (χ4v) is 9.18. The van der Waals surface area contributed by atoms with Crippen LogP contribution in [0.25, 0.3) is 11.1 Å². The van der Waals surface area contributed by atoms with E-state index in [1.54, 1.807) is 17.0 Å². The lowest BCUT2D eigenvalue weighted by atomic mass is 10.00. The minimum atomic E-state index is -4.47. The molecule has 1 fully saturated rings. The van der Waals surface area contributed by atoms with Crippen LogP contribution < -0.4 is 20.7 Å². The molecule has 0 radical (unpaired) electrons. The minimum absolute atomic E-state index is 0.0420. The van der Waals surface area contributed by atoms with E-state index in [0.717, 1.165) is 46.0 Å². The third-order valence-corrected chi connectivity index (χ3v) is 13.2. The van der Waals surface area contributed by atoms with Gasteiger partial charge in [0.15, 0.2) is 9.84 Å². The van der Waals surface area contributed by atoms with Gasteiger partial charge in [0.25, 0.3) is 15.9 Å². The predicted molar refractivity (Wildman–Crippen MR) is 228 cm³/mol. The molecule has 0 unspecified atom stereocenters. The smallest absolute Gasteiger partial charge is 0.264 e. The molecule has 0 saturated carbocycles. The lowest BCUT2D eigenvalue weighted by molar-refractivity contribution is -0.134. The number of amides is 2. The number of nitrogens with zero attached hydrogens (tertiary/aromatic N) is 1. The van der Waals surface area contributed by atoms with Gasteiger partial charge in [0, 0.05) is 78.4 Å². The Balaban J connectivity index is 1.05. The molecule has 11 nitrogen and oxygen atoms in total. The number of likely N-dealkylation sites (tertiary alicyclic amines) is 1. The summed E-state index contributed by atoms with van der Waals surface area (Å²) >= 11 is 7.59. The Bertz CT molecular complexity index is 2400. The third-order valence-electron chi connectivity index (χ3n) is 9.34. The molecule has 2 amide bonds. The maximum atomic E-state index is 13.4. The van der Waals surface area contributed by atoms with Crippen molar-refractivity contribution in [3.8, 4) is 11.1 Å². The van der Waals surface area contributed by atoms with E-state index in [1.807, 2.05) is 66.7 Å². The van der Waals surface area contributed by atoms with E-state index >= 15 is 0 Å². The number of rotatable bonds is 18. The quantitative estimate of drug-likeness (QED) is 0.0540. The number of anilines is 2. The van der Waals surface area contributed by atoms with E-state index in [4.69, 9.17) is 11.6 Å². The van der Waals surface area contributed by atoms with Crippen LogP contribution in [0.4, 0.5) is 11.4 Å². The first-order valence-electron chi connectivity index (χ1n) is 18.4. The van der Waals surface area contributed by atoms with E-state index in [9.17, 15) is 26.4 Å². The topological polar surface area (TPSA) is 154 Å². The number of carbonyl (C=O) groups is 2. The van der Waals surface area contributed by atoms with Crippen LogP contribution in [-0.2, 0) is 31.2 Å². The van der Waals surface area contributed by atoms with Crippen molar-refractivity contribution in [3.05, 3.63) is 137 Å². The molecule has 298 valence electrons. The zero-order valence-corrected chi connectivity index (χ0v) is 34.5. The molecule has 15 heteroatoms. The molecule has 0 aliphatic carbocycles. The molecule has 1 atom stereocenters. The van der Waals surface area contributed by atoms with Gasteiger partial charge in [0.1, 0.15) is 0 Å². The first-order chi connectivity index (χ1) is 27.4. The maximum absolute atomic E-state index is 13.4. The van der Waals surface area contributed by atoms with Crippen molar-refractivity contribution < 1.29 is 26.4 Å². The van der Waals surface area contributed by atoms with Crippen LogP contribution in [0.15, 0.2) is 136 Å². The number of sulfone groups is 1. The summed E-state index contributed by atoms with van der Waals surface area (Å²) in [5, 5.41) is 10.6. The van der Waals surface area contributed by atoms with Crippen molar-refractivity contribution in [1.82, 2.24) is 14.9 Å². The van der Waals surface area contributed by atoms with Crippen molar-refractivity contribution in [1.29, 1.82) is 0 Å². The summed E-state index contributed by atoms with van der Waals surface area (Å²) in [6, 6.07) is 35.1. The zero-order chi connectivity index (χ0) is 40.4. The normalized spacial score (nSPS) is 13.3. The summed E-state index contributed by atoms with van der Waals surface area (Å²) in [6.45, 7) is 3.29. The summed E-state index contributed by atoms with van der Waals surface area (Å²) < 4.78 is 54.9. The highest BCUT2D eigenvalue weighted by molar-refractivity contribution is 7.99. The number of benzene rings is 5. The highest BCUT2D eigenvalue weighted by Gasteiger charge is 2.27. The molecule has 5 aromatic carbocycles. The minimum Gasteiger partial charge on any atom is -0.384 e. The lowest BCUT2D eigenvalue weighted by Gasteiger charge is -2.32. The summed E-state index contributed by atoms with van der Waals surface area (Å²) in [4.78, 5) is 28.1. The summed E-state index contributed by atoms with van der Waals surface area (Å²) in [7, 11) is -8.42. The van der Waals surface area contributed by atoms with Crippen LogP contribution in [0, 0.1) is 0 Å². The second-order valence-electron chi connectivity index (χ2n) is 13.6. The molecule has 1 aliphatic heterocycles. The first-order valence-corrected chi connectivity index (χ1v) is 23.1. The second kappa shape index (κ2) is 19.1. The number of sulfonamides is 1. The monoisotopic (exact) mass is 845 g/mol. The fraction of sp³-hybridized carbons (Fsp3) is 0.238. The maximum Gasteiger partial charge on any atom is 0.264 e. The van der Waals surface area contributed by atoms with Gasteiger partial charge >= 0.3 is 0 Å². The van der Waals surface area contributed by atoms with Crippen LogP contribution in [-0.4, -0.2) is 77.8 Å². The molecule has 6 rings (SSSR count). The molecule has 1 heterocycles. The number of hydrogen-bond acceptors (Lipinski definition) is 10. The Kier molecular flexibility index (Phi) is 14.0.